The highest BCUT2D eigenvalue weighted by Crippen LogP contribution is 2.39. The van der Waals surface area contributed by atoms with Gasteiger partial charge in [0.25, 0.3) is 0 Å². The predicted octanol–water partition coefficient (Wildman–Crippen LogP) is 1.62. The van der Waals surface area contributed by atoms with E-state index in [1.165, 1.54) is 12.8 Å². The Hall–Kier alpha value is -1.58. The first-order valence-electron chi connectivity index (χ1n) is 4.76. The summed E-state index contributed by atoms with van der Waals surface area (Å²) in [5.74, 6) is 1.42. The molecule has 1 aliphatic carbocycles. The molecular formula is C10H11N3O. The average Bonchev–Trinajstić information content (AvgIpc) is 2.97. The van der Waals surface area contributed by atoms with E-state index in [4.69, 9.17) is 4.74 Å². The molecule has 0 N–H and O–H groups in total. The number of rotatable bonds is 2. The predicted molar refractivity (Wildman–Crippen MR) is 51.5 cm³/mol. The molecule has 2 aromatic heterocycles. The van der Waals surface area contributed by atoms with Crippen molar-refractivity contribution in [3.8, 4) is 5.75 Å². The van der Waals surface area contributed by atoms with Crippen LogP contribution in [-0.4, -0.2) is 21.7 Å². The molecule has 0 bridgehead atoms. The maximum atomic E-state index is 5.09. The number of imidazole rings is 1. The molecule has 0 unspecified atom stereocenters. The third-order valence-electron chi connectivity index (χ3n) is 2.54. The molecule has 4 heteroatoms. The Morgan fingerprint density at radius 1 is 1.50 bits per heavy atom. The number of hydrogen-bond acceptors (Lipinski definition) is 3. The molecule has 3 rings (SSSR count). The lowest BCUT2D eigenvalue weighted by Gasteiger charge is -1.97. The summed E-state index contributed by atoms with van der Waals surface area (Å²) in [6.45, 7) is 0. The van der Waals surface area contributed by atoms with Gasteiger partial charge in [-0.25, -0.2) is 9.50 Å². The number of methoxy groups -OCH3 is 1. The maximum Gasteiger partial charge on any atom is 0.157 e. The smallest absolute Gasteiger partial charge is 0.157 e. The number of fused-ring (bicyclic) bond motifs is 1. The van der Waals surface area contributed by atoms with Crippen molar-refractivity contribution in [1.29, 1.82) is 0 Å². The molecule has 0 aliphatic heterocycles. The average molecular weight is 189 g/mol. The summed E-state index contributed by atoms with van der Waals surface area (Å²) in [6, 6.07) is 1.90. The minimum atomic E-state index is 0.669. The summed E-state index contributed by atoms with van der Waals surface area (Å²) in [5.41, 5.74) is 2.03. The van der Waals surface area contributed by atoms with Gasteiger partial charge in [-0.1, -0.05) is 0 Å². The van der Waals surface area contributed by atoms with Gasteiger partial charge in [0.1, 0.15) is 5.75 Å². The van der Waals surface area contributed by atoms with Crippen LogP contribution in [0.1, 0.15) is 24.5 Å². The second-order valence-corrected chi connectivity index (χ2v) is 3.64. The van der Waals surface area contributed by atoms with Crippen LogP contribution in [0.5, 0.6) is 5.75 Å². The van der Waals surface area contributed by atoms with Crippen molar-refractivity contribution >= 4 is 5.65 Å². The van der Waals surface area contributed by atoms with E-state index in [1.807, 2.05) is 12.3 Å². The van der Waals surface area contributed by atoms with Gasteiger partial charge < -0.3 is 4.74 Å². The largest absolute Gasteiger partial charge is 0.495 e. The molecule has 0 saturated heterocycles. The summed E-state index contributed by atoms with van der Waals surface area (Å²) in [7, 11) is 1.64. The lowest BCUT2D eigenvalue weighted by atomic mass is 10.3. The van der Waals surface area contributed by atoms with Crippen molar-refractivity contribution in [3.05, 3.63) is 24.2 Å². The highest BCUT2D eigenvalue weighted by atomic mass is 16.5. The highest BCUT2D eigenvalue weighted by Gasteiger charge is 2.26. The first-order chi connectivity index (χ1) is 6.86. The number of hydrogen-bond donors (Lipinski definition) is 0. The van der Waals surface area contributed by atoms with E-state index < -0.39 is 0 Å². The lowest BCUT2D eigenvalue weighted by Crippen LogP contribution is -1.91. The van der Waals surface area contributed by atoms with Crippen molar-refractivity contribution in [1.82, 2.24) is 14.6 Å². The fraction of sp³-hybridized carbons (Fsp3) is 0.400. The Labute approximate surface area is 81.5 Å². The van der Waals surface area contributed by atoms with E-state index in [0.717, 1.165) is 17.1 Å². The van der Waals surface area contributed by atoms with Crippen LogP contribution in [0.2, 0.25) is 0 Å². The number of aromatic nitrogens is 3. The minimum Gasteiger partial charge on any atom is -0.495 e. The fourth-order valence-electron chi connectivity index (χ4n) is 1.57. The van der Waals surface area contributed by atoms with Gasteiger partial charge >= 0.3 is 0 Å². The molecule has 2 heterocycles. The summed E-state index contributed by atoms with van der Waals surface area (Å²) in [5, 5.41) is 4.21. The van der Waals surface area contributed by atoms with Gasteiger partial charge in [-0.3, -0.25) is 0 Å². The van der Waals surface area contributed by atoms with E-state index >= 15 is 0 Å². The minimum absolute atomic E-state index is 0.669. The first-order valence-corrected chi connectivity index (χ1v) is 4.76. The SMILES string of the molecule is COc1cnn2cc(C3CC3)nc2c1. The Bertz CT molecular complexity index is 473. The van der Waals surface area contributed by atoms with E-state index in [9.17, 15) is 0 Å². The highest BCUT2D eigenvalue weighted by molar-refractivity contribution is 5.44. The molecule has 1 saturated carbocycles. The summed E-state index contributed by atoms with van der Waals surface area (Å²) in [4.78, 5) is 4.50. The van der Waals surface area contributed by atoms with E-state index in [1.54, 1.807) is 17.8 Å². The Balaban J connectivity index is 2.12. The van der Waals surface area contributed by atoms with Crippen LogP contribution in [0.3, 0.4) is 0 Å². The van der Waals surface area contributed by atoms with Crippen LogP contribution in [0.15, 0.2) is 18.5 Å². The molecule has 0 aromatic carbocycles. The molecule has 0 atom stereocenters. The molecule has 1 fully saturated rings. The Kier molecular flexibility index (Phi) is 1.50. The Morgan fingerprint density at radius 2 is 2.36 bits per heavy atom. The lowest BCUT2D eigenvalue weighted by molar-refractivity contribution is 0.411. The van der Waals surface area contributed by atoms with Crippen molar-refractivity contribution in [2.45, 2.75) is 18.8 Å². The third-order valence-corrected chi connectivity index (χ3v) is 2.54. The van der Waals surface area contributed by atoms with E-state index in [0.29, 0.717) is 5.92 Å². The van der Waals surface area contributed by atoms with Crippen molar-refractivity contribution in [2.75, 3.05) is 7.11 Å². The van der Waals surface area contributed by atoms with Crippen LogP contribution < -0.4 is 4.74 Å². The van der Waals surface area contributed by atoms with E-state index in [2.05, 4.69) is 10.1 Å². The molecule has 0 radical (unpaired) electrons. The fourth-order valence-corrected chi connectivity index (χ4v) is 1.57. The molecule has 4 nitrogen and oxygen atoms in total. The standard InChI is InChI=1S/C10H11N3O/c1-14-8-4-10-12-9(7-2-3-7)6-13(10)11-5-8/h4-7H,2-3H2,1H3. The molecule has 2 aromatic rings. The molecule has 14 heavy (non-hydrogen) atoms. The van der Waals surface area contributed by atoms with Gasteiger partial charge in [-0.15, -0.1) is 0 Å². The zero-order chi connectivity index (χ0) is 9.54. The monoisotopic (exact) mass is 189 g/mol. The van der Waals surface area contributed by atoms with Gasteiger partial charge in [-0.2, -0.15) is 5.10 Å². The van der Waals surface area contributed by atoms with Crippen molar-refractivity contribution in [3.63, 3.8) is 0 Å². The van der Waals surface area contributed by atoms with Gasteiger partial charge in [0.05, 0.1) is 25.2 Å². The van der Waals surface area contributed by atoms with Crippen LogP contribution in [0, 0.1) is 0 Å². The second kappa shape index (κ2) is 2.70. The van der Waals surface area contributed by atoms with Crippen molar-refractivity contribution < 1.29 is 4.74 Å². The molecule has 72 valence electrons. The summed E-state index contributed by atoms with van der Waals surface area (Å²) >= 11 is 0. The topological polar surface area (TPSA) is 39.4 Å². The molecule has 1 aliphatic rings. The van der Waals surface area contributed by atoms with Crippen LogP contribution in [0.4, 0.5) is 0 Å². The van der Waals surface area contributed by atoms with E-state index in [-0.39, 0.29) is 0 Å². The number of nitrogens with zero attached hydrogens (tertiary/aromatic N) is 3. The van der Waals surface area contributed by atoms with Crippen LogP contribution in [-0.2, 0) is 0 Å². The van der Waals surface area contributed by atoms with Crippen LogP contribution in [0.25, 0.3) is 5.65 Å². The second-order valence-electron chi connectivity index (χ2n) is 3.64. The number of ether oxygens (including phenoxy) is 1. The third kappa shape index (κ3) is 1.14. The molecule has 0 spiro atoms. The van der Waals surface area contributed by atoms with Crippen molar-refractivity contribution in [2.24, 2.45) is 0 Å². The van der Waals surface area contributed by atoms with Crippen LogP contribution >= 0.6 is 0 Å². The summed E-state index contributed by atoms with van der Waals surface area (Å²) in [6.07, 6.45) is 6.24. The zero-order valence-corrected chi connectivity index (χ0v) is 7.97. The van der Waals surface area contributed by atoms with Gasteiger partial charge in [0.15, 0.2) is 5.65 Å². The first kappa shape index (κ1) is 7.79. The maximum absolute atomic E-state index is 5.09. The summed E-state index contributed by atoms with van der Waals surface area (Å²) < 4.78 is 6.89. The zero-order valence-electron chi connectivity index (χ0n) is 7.97. The van der Waals surface area contributed by atoms with Gasteiger partial charge in [-0.05, 0) is 12.8 Å². The molecular weight excluding hydrogens is 178 g/mol. The molecule has 0 amide bonds. The Morgan fingerprint density at radius 3 is 3.07 bits per heavy atom. The van der Waals surface area contributed by atoms with Gasteiger partial charge in [0, 0.05) is 12.0 Å². The normalized spacial score (nSPS) is 16.1. The van der Waals surface area contributed by atoms with Gasteiger partial charge in [0.2, 0.25) is 0 Å². The quantitative estimate of drug-likeness (QED) is 0.720.